The van der Waals surface area contributed by atoms with Gasteiger partial charge < -0.3 is 14.5 Å². The molecule has 7 heteroatoms. The zero-order valence-corrected chi connectivity index (χ0v) is 17.7. The van der Waals surface area contributed by atoms with E-state index in [-0.39, 0.29) is 11.9 Å². The zero-order chi connectivity index (χ0) is 19.8. The summed E-state index contributed by atoms with van der Waals surface area (Å²) in [5, 5.41) is 3.83. The van der Waals surface area contributed by atoms with Crippen LogP contribution in [0, 0.1) is 6.92 Å². The van der Waals surface area contributed by atoms with Crippen molar-refractivity contribution in [3.05, 3.63) is 52.9 Å². The van der Waals surface area contributed by atoms with Crippen molar-refractivity contribution in [3.63, 3.8) is 0 Å². The SMILES string of the molecule is Cc1ccc(C(CNC(=O)CCCSc2ccc(Cl)cc2)N2CCOCC2)o1. The lowest BCUT2D eigenvalue weighted by Gasteiger charge is -2.33. The number of carbonyl (C=O) groups excluding carboxylic acids is 1. The summed E-state index contributed by atoms with van der Waals surface area (Å²) in [4.78, 5) is 15.8. The molecule has 1 fully saturated rings. The monoisotopic (exact) mass is 422 g/mol. The number of morpholine rings is 1. The molecular weight excluding hydrogens is 396 g/mol. The molecule has 2 aromatic rings. The number of hydrogen-bond donors (Lipinski definition) is 1. The molecule has 1 aromatic carbocycles. The third-order valence-electron chi connectivity index (χ3n) is 4.70. The van der Waals surface area contributed by atoms with Gasteiger partial charge in [0.2, 0.25) is 5.91 Å². The van der Waals surface area contributed by atoms with Crippen LogP contribution in [0.4, 0.5) is 0 Å². The van der Waals surface area contributed by atoms with E-state index in [1.807, 2.05) is 43.3 Å². The Morgan fingerprint density at radius 3 is 2.64 bits per heavy atom. The molecule has 1 atom stereocenters. The highest BCUT2D eigenvalue weighted by molar-refractivity contribution is 7.99. The summed E-state index contributed by atoms with van der Waals surface area (Å²) in [5.74, 6) is 2.77. The highest BCUT2D eigenvalue weighted by Gasteiger charge is 2.25. The van der Waals surface area contributed by atoms with E-state index in [0.717, 1.165) is 41.8 Å². The van der Waals surface area contributed by atoms with Crippen LogP contribution in [0.1, 0.15) is 30.4 Å². The Bertz CT molecular complexity index is 744. The molecule has 5 nitrogen and oxygen atoms in total. The summed E-state index contributed by atoms with van der Waals surface area (Å²) in [7, 11) is 0. The van der Waals surface area contributed by atoms with Crippen LogP contribution in [-0.4, -0.2) is 49.4 Å². The molecule has 2 heterocycles. The normalized spacial score (nSPS) is 16.1. The van der Waals surface area contributed by atoms with Crippen LogP contribution >= 0.6 is 23.4 Å². The van der Waals surface area contributed by atoms with Crippen LogP contribution in [0.25, 0.3) is 0 Å². The minimum Gasteiger partial charge on any atom is -0.465 e. The Kier molecular flexibility index (Phi) is 8.27. The number of halogens is 1. The quantitative estimate of drug-likeness (QED) is 0.482. The van der Waals surface area contributed by atoms with E-state index in [4.69, 9.17) is 20.8 Å². The van der Waals surface area contributed by atoms with Crippen LogP contribution in [-0.2, 0) is 9.53 Å². The van der Waals surface area contributed by atoms with Gasteiger partial charge in [-0.3, -0.25) is 9.69 Å². The fraction of sp³-hybridized carbons (Fsp3) is 0.476. The Morgan fingerprint density at radius 1 is 1.21 bits per heavy atom. The first kappa shape index (κ1) is 21.2. The van der Waals surface area contributed by atoms with Gasteiger partial charge in [-0.15, -0.1) is 11.8 Å². The van der Waals surface area contributed by atoms with E-state index in [1.165, 1.54) is 4.90 Å². The number of nitrogens with one attached hydrogen (secondary N) is 1. The summed E-state index contributed by atoms with van der Waals surface area (Å²) in [5.41, 5.74) is 0. The van der Waals surface area contributed by atoms with E-state index in [2.05, 4.69) is 10.2 Å². The lowest BCUT2D eigenvalue weighted by molar-refractivity contribution is -0.121. The molecule has 3 rings (SSSR count). The van der Waals surface area contributed by atoms with Crippen LogP contribution in [0.3, 0.4) is 0 Å². The molecule has 0 bridgehead atoms. The first-order valence-corrected chi connectivity index (χ1v) is 11.0. The maximum Gasteiger partial charge on any atom is 0.220 e. The molecule has 1 aliphatic rings. The van der Waals surface area contributed by atoms with Gasteiger partial charge in [0, 0.05) is 36.0 Å². The topological polar surface area (TPSA) is 54.7 Å². The van der Waals surface area contributed by atoms with Crippen molar-refractivity contribution in [1.82, 2.24) is 10.2 Å². The van der Waals surface area contributed by atoms with Crippen molar-refractivity contribution in [2.45, 2.75) is 30.7 Å². The largest absolute Gasteiger partial charge is 0.465 e. The van der Waals surface area contributed by atoms with Crippen LogP contribution in [0.5, 0.6) is 0 Å². The van der Waals surface area contributed by atoms with Crippen molar-refractivity contribution in [1.29, 1.82) is 0 Å². The van der Waals surface area contributed by atoms with Gasteiger partial charge in [0.05, 0.1) is 19.3 Å². The Balaban J connectivity index is 1.43. The average molecular weight is 423 g/mol. The Labute approximate surface area is 175 Å². The molecule has 0 aliphatic carbocycles. The molecule has 1 saturated heterocycles. The summed E-state index contributed by atoms with van der Waals surface area (Å²) < 4.78 is 11.3. The summed E-state index contributed by atoms with van der Waals surface area (Å²) >= 11 is 7.64. The molecule has 28 heavy (non-hydrogen) atoms. The molecule has 0 spiro atoms. The first-order chi connectivity index (χ1) is 13.6. The molecule has 152 valence electrons. The van der Waals surface area contributed by atoms with E-state index < -0.39 is 0 Å². The fourth-order valence-corrected chi connectivity index (χ4v) is 4.16. The van der Waals surface area contributed by atoms with Crippen molar-refractivity contribution in [2.75, 3.05) is 38.6 Å². The number of ether oxygens (including phenoxy) is 1. The molecule has 1 N–H and O–H groups in total. The molecule has 1 aliphatic heterocycles. The predicted molar refractivity (Wildman–Crippen MR) is 113 cm³/mol. The van der Waals surface area contributed by atoms with Gasteiger partial charge in [-0.2, -0.15) is 0 Å². The second-order valence-electron chi connectivity index (χ2n) is 6.82. The van der Waals surface area contributed by atoms with Gasteiger partial charge in [0.15, 0.2) is 0 Å². The van der Waals surface area contributed by atoms with Gasteiger partial charge in [-0.25, -0.2) is 0 Å². The minimum atomic E-state index is 0.0463. The smallest absolute Gasteiger partial charge is 0.220 e. The maximum atomic E-state index is 12.3. The Morgan fingerprint density at radius 2 is 1.96 bits per heavy atom. The highest BCUT2D eigenvalue weighted by atomic mass is 35.5. The lowest BCUT2D eigenvalue weighted by atomic mass is 10.1. The van der Waals surface area contributed by atoms with Gasteiger partial charge in [0.1, 0.15) is 11.5 Å². The van der Waals surface area contributed by atoms with E-state index in [0.29, 0.717) is 26.2 Å². The van der Waals surface area contributed by atoms with Crippen molar-refractivity contribution in [2.24, 2.45) is 0 Å². The van der Waals surface area contributed by atoms with Gasteiger partial charge in [-0.05, 0) is 55.5 Å². The third-order valence-corrected chi connectivity index (χ3v) is 6.05. The maximum absolute atomic E-state index is 12.3. The lowest BCUT2D eigenvalue weighted by Crippen LogP contribution is -2.43. The zero-order valence-electron chi connectivity index (χ0n) is 16.2. The predicted octanol–water partition coefficient (Wildman–Crippen LogP) is 4.30. The first-order valence-electron chi connectivity index (χ1n) is 9.65. The van der Waals surface area contributed by atoms with Gasteiger partial charge in [-0.1, -0.05) is 11.6 Å². The number of nitrogens with zero attached hydrogens (tertiary/aromatic N) is 1. The summed E-state index contributed by atoms with van der Waals surface area (Å²) in [6.45, 7) is 5.61. The fourth-order valence-electron chi connectivity index (χ4n) is 3.18. The van der Waals surface area contributed by atoms with E-state index in [9.17, 15) is 4.79 Å². The molecule has 0 radical (unpaired) electrons. The van der Waals surface area contributed by atoms with Crippen LogP contribution < -0.4 is 5.32 Å². The third kappa shape index (κ3) is 6.55. The van der Waals surface area contributed by atoms with Crippen LogP contribution in [0.2, 0.25) is 5.02 Å². The second-order valence-corrected chi connectivity index (χ2v) is 8.43. The second kappa shape index (κ2) is 10.9. The van der Waals surface area contributed by atoms with Crippen molar-refractivity contribution >= 4 is 29.3 Å². The standard InChI is InChI=1S/C21H27ClN2O3S/c1-16-4-9-20(27-16)19(24-10-12-26-13-11-24)15-23-21(25)3-2-14-28-18-7-5-17(22)6-8-18/h4-9,19H,2-3,10-15H2,1H3,(H,23,25). The summed E-state index contributed by atoms with van der Waals surface area (Å²) in [6, 6.07) is 11.8. The number of thioether (sulfide) groups is 1. The van der Waals surface area contributed by atoms with E-state index >= 15 is 0 Å². The average Bonchev–Trinajstić information content (AvgIpc) is 3.13. The number of rotatable bonds is 9. The minimum absolute atomic E-state index is 0.0463. The van der Waals surface area contributed by atoms with Crippen molar-refractivity contribution in [3.8, 4) is 0 Å². The highest BCUT2D eigenvalue weighted by Crippen LogP contribution is 2.24. The molecular formula is C21H27ClN2O3S. The number of hydrogen-bond acceptors (Lipinski definition) is 5. The van der Waals surface area contributed by atoms with Crippen molar-refractivity contribution < 1.29 is 13.9 Å². The molecule has 1 aromatic heterocycles. The summed E-state index contributed by atoms with van der Waals surface area (Å²) in [6.07, 6.45) is 1.36. The molecule has 1 unspecified atom stereocenters. The molecule has 1 amide bonds. The number of furan rings is 1. The number of carbonyl (C=O) groups is 1. The Hall–Kier alpha value is -1.47. The van der Waals surface area contributed by atoms with Gasteiger partial charge >= 0.3 is 0 Å². The number of amides is 1. The van der Waals surface area contributed by atoms with Crippen LogP contribution in [0.15, 0.2) is 45.7 Å². The number of benzene rings is 1. The number of aryl methyl sites for hydroxylation is 1. The van der Waals surface area contributed by atoms with Gasteiger partial charge in [0.25, 0.3) is 0 Å². The molecule has 0 saturated carbocycles. The van der Waals surface area contributed by atoms with E-state index in [1.54, 1.807) is 11.8 Å².